The Kier molecular flexibility index (Phi) is 4.09. The lowest BCUT2D eigenvalue weighted by molar-refractivity contribution is 0.602. The lowest BCUT2D eigenvalue weighted by Crippen LogP contribution is -2.09. The van der Waals surface area contributed by atoms with E-state index in [-0.39, 0.29) is 10.6 Å². The van der Waals surface area contributed by atoms with Crippen LogP contribution in [0.3, 0.4) is 0 Å². The van der Waals surface area contributed by atoms with Crippen molar-refractivity contribution in [2.24, 2.45) is 0 Å². The first-order chi connectivity index (χ1) is 9.79. The van der Waals surface area contributed by atoms with Crippen LogP contribution < -0.4 is 16.0 Å². The minimum Gasteiger partial charge on any atom is -0.396 e. The van der Waals surface area contributed by atoms with Gasteiger partial charge < -0.3 is 16.0 Å². The van der Waals surface area contributed by atoms with Gasteiger partial charge in [-0.15, -0.1) is 0 Å². The Hall–Kier alpha value is -2.21. The second-order valence-electron chi connectivity index (χ2n) is 5.06. The van der Waals surface area contributed by atoms with Gasteiger partial charge in [0.1, 0.15) is 0 Å². The molecule has 0 unspecified atom stereocenters. The summed E-state index contributed by atoms with van der Waals surface area (Å²) in [6.45, 7) is 0. The summed E-state index contributed by atoms with van der Waals surface area (Å²) in [6, 6.07) is 12.7. The van der Waals surface area contributed by atoms with E-state index in [1.165, 1.54) is 6.07 Å². The minimum absolute atomic E-state index is 0.135. The number of hydrogen-bond donors (Lipinski definition) is 2. The van der Waals surface area contributed by atoms with Crippen LogP contribution in [0.4, 0.5) is 22.7 Å². The molecule has 112 valence electrons. The highest BCUT2D eigenvalue weighted by Crippen LogP contribution is 2.30. The smallest absolute Gasteiger partial charge is 0.177 e. The highest BCUT2D eigenvalue weighted by Gasteiger charge is 2.14. The maximum atomic E-state index is 11.7. The third-order valence-corrected chi connectivity index (χ3v) is 4.26. The molecular weight excluding hydrogens is 286 g/mol. The van der Waals surface area contributed by atoms with Gasteiger partial charge >= 0.3 is 0 Å². The number of anilines is 4. The summed E-state index contributed by atoms with van der Waals surface area (Å²) < 4.78 is 23.4. The number of nitrogens with one attached hydrogen (secondary N) is 1. The maximum Gasteiger partial charge on any atom is 0.177 e. The SMILES string of the molecule is CN(C)c1cccc(Nc2cccc(S(C)(=O)=O)c2N)c1. The molecule has 0 aromatic heterocycles. The zero-order chi connectivity index (χ0) is 15.6. The molecule has 0 atom stereocenters. The van der Waals surface area contributed by atoms with Crippen molar-refractivity contribution in [2.45, 2.75) is 4.90 Å². The van der Waals surface area contributed by atoms with Gasteiger partial charge in [-0.3, -0.25) is 0 Å². The van der Waals surface area contributed by atoms with E-state index in [9.17, 15) is 8.42 Å². The third kappa shape index (κ3) is 3.46. The highest BCUT2D eigenvalue weighted by molar-refractivity contribution is 7.90. The molecule has 0 amide bonds. The number of nitrogen functional groups attached to an aromatic ring is 1. The van der Waals surface area contributed by atoms with Crippen LogP contribution >= 0.6 is 0 Å². The Morgan fingerprint density at radius 1 is 1.10 bits per heavy atom. The third-order valence-electron chi connectivity index (χ3n) is 3.11. The largest absolute Gasteiger partial charge is 0.396 e. The fourth-order valence-corrected chi connectivity index (χ4v) is 2.83. The van der Waals surface area contributed by atoms with Crippen LogP contribution in [-0.4, -0.2) is 28.8 Å². The average Bonchev–Trinajstić information content (AvgIpc) is 2.40. The summed E-state index contributed by atoms with van der Waals surface area (Å²) >= 11 is 0. The van der Waals surface area contributed by atoms with Gasteiger partial charge in [0.2, 0.25) is 0 Å². The average molecular weight is 305 g/mol. The van der Waals surface area contributed by atoms with Gasteiger partial charge in [0.25, 0.3) is 0 Å². The first-order valence-electron chi connectivity index (χ1n) is 6.42. The topological polar surface area (TPSA) is 75.4 Å². The number of sulfone groups is 1. The summed E-state index contributed by atoms with van der Waals surface area (Å²) in [5.41, 5.74) is 8.66. The molecule has 0 saturated carbocycles. The van der Waals surface area contributed by atoms with Gasteiger partial charge in [-0.25, -0.2) is 8.42 Å². The van der Waals surface area contributed by atoms with Crippen molar-refractivity contribution in [3.63, 3.8) is 0 Å². The maximum absolute atomic E-state index is 11.7. The summed E-state index contributed by atoms with van der Waals surface area (Å²) in [5, 5.41) is 3.16. The summed E-state index contributed by atoms with van der Waals surface area (Å²) in [7, 11) is 0.569. The first-order valence-corrected chi connectivity index (χ1v) is 8.31. The quantitative estimate of drug-likeness (QED) is 0.849. The van der Waals surface area contributed by atoms with Crippen molar-refractivity contribution in [1.82, 2.24) is 0 Å². The van der Waals surface area contributed by atoms with Crippen molar-refractivity contribution in [3.8, 4) is 0 Å². The molecule has 3 N–H and O–H groups in total. The van der Waals surface area contributed by atoms with Gasteiger partial charge in [0, 0.05) is 31.7 Å². The molecule has 2 aromatic rings. The van der Waals surface area contributed by atoms with E-state index >= 15 is 0 Å². The molecule has 2 rings (SSSR count). The van der Waals surface area contributed by atoms with Crippen molar-refractivity contribution in [1.29, 1.82) is 0 Å². The molecule has 0 heterocycles. The molecule has 0 aliphatic rings. The van der Waals surface area contributed by atoms with Crippen molar-refractivity contribution in [3.05, 3.63) is 42.5 Å². The van der Waals surface area contributed by atoms with E-state index in [0.717, 1.165) is 17.6 Å². The van der Waals surface area contributed by atoms with Gasteiger partial charge in [-0.1, -0.05) is 12.1 Å². The fraction of sp³-hybridized carbons (Fsp3) is 0.200. The minimum atomic E-state index is -3.34. The predicted octanol–water partition coefficient (Wildman–Crippen LogP) is 2.48. The number of nitrogens with zero attached hydrogens (tertiary/aromatic N) is 1. The summed E-state index contributed by atoms with van der Waals surface area (Å²) in [4.78, 5) is 2.12. The van der Waals surface area contributed by atoms with Crippen molar-refractivity contribution in [2.75, 3.05) is 36.3 Å². The molecular formula is C15H19N3O2S. The molecule has 0 bridgehead atoms. The van der Waals surface area contributed by atoms with E-state index in [2.05, 4.69) is 5.32 Å². The van der Waals surface area contributed by atoms with Gasteiger partial charge in [-0.2, -0.15) is 0 Å². The van der Waals surface area contributed by atoms with Crippen LogP contribution in [0, 0.1) is 0 Å². The van der Waals surface area contributed by atoms with Crippen LogP contribution in [0.5, 0.6) is 0 Å². The second-order valence-corrected chi connectivity index (χ2v) is 7.04. The Bertz CT molecular complexity index is 755. The normalized spacial score (nSPS) is 11.2. The van der Waals surface area contributed by atoms with Crippen LogP contribution in [0.1, 0.15) is 0 Å². The molecule has 0 fully saturated rings. The van der Waals surface area contributed by atoms with E-state index in [1.54, 1.807) is 12.1 Å². The first kappa shape index (κ1) is 15.2. The monoisotopic (exact) mass is 305 g/mol. The summed E-state index contributed by atoms with van der Waals surface area (Å²) in [5.74, 6) is 0. The van der Waals surface area contributed by atoms with Gasteiger partial charge in [-0.05, 0) is 30.3 Å². The zero-order valence-corrected chi connectivity index (χ0v) is 13.1. The summed E-state index contributed by atoms with van der Waals surface area (Å²) in [6.07, 6.45) is 1.15. The lowest BCUT2D eigenvalue weighted by Gasteiger charge is -2.16. The predicted molar refractivity (Wildman–Crippen MR) is 88.0 cm³/mol. The molecule has 0 spiro atoms. The van der Waals surface area contributed by atoms with Crippen LogP contribution in [-0.2, 0) is 9.84 Å². The molecule has 21 heavy (non-hydrogen) atoms. The van der Waals surface area contributed by atoms with Gasteiger partial charge in [0.05, 0.1) is 16.3 Å². The number of nitrogens with two attached hydrogens (primary N) is 1. The lowest BCUT2D eigenvalue weighted by atomic mass is 10.2. The number of benzene rings is 2. The molecule has 6 heteroatoms. The molecule has 0 aliphatic carbocycles. The molecule has 0 radical (unpaired) electrons. The fourth-order valence-electron chi connectivity index (χ4n) is 1.99. The number of rotatable bonds is 4. The second kappa shape index (κ2) is 5.65. The van der Waals surface area contributed by atoms with E-state index in [0.29, 0.717) is 5.69 Å². The van der Waals surface area contributed by atoms with Crippen molar-refractivity contribution >= 4 is 32.6 Å². The molecule has 0 aliphatic heterocycles. The Balaban J connectivity index is 2.39. The van der Waals surface area contributed by atoms with E-state index in [4.69, 9.17) is 5.73 Å². The molecule has 2 aromatic carbocycles. The van der Waals surface area contributed by atoms with E-state index in [1.807, 2.05) is 43.3 Å². The van der Waals surface area contributed by atoms with Crippen LogP contribution in [0.15, 0.2) is 47.4 Å². The van der Waals surface area contributed by atoms with Crippen LogP contribution in [0.25, 0.3) is 0 Å². The Morgan fingerprint density at radius 2 is 1.76 bits per heavy atom. The Morgan fingerprint density at radius 3 is 2.38 bits per heavy atom. The Labute approximate surface area is 125 Å². The standard InChI is InChI=1S/C15H19N3O2S/c1-18(2)12-7-4-6-11(10-12)17-13-8-5-9-14(15(13)16)21(3,19)20/h4-10,17H,16H2,1-3H3. The number of hydrogen-bond acceptors (Lipinski definition) is 5. The van der Waals surface area contributed by atoms with E-state index < -0.39 is 9.84 Å². The molecule has 5 nitrogen and oxygen atoms in total. The zero-order valence-electron chi connectivity index (χ0n) is 12.3. The molecule has 0 saturated heterocycles. The highest BCUT2D eigenvalue weighted by atomic mass is 32.2. The van der Waals surface area contributed by atoms with Crippen LogP contribution in [0.2, 0.25) is 0 Å². The van der Waals surface area contributed by atoms with Gasteiger partial charge in [0.15, 0.2) is 9.84 Å². The number of para-hydroxylation sites is 1. The van der Waals surface area contributed by atoms with Crippen molar-refractivity contribution < 1.29 is 8.42 Å².